The Morgan fingerprint density at radius 2 is 1.76 bits per heavy atom. The number of aliphatic hydroxyl groups excluding tert-OH is 1. The first-order valence-corrected chi connectivity index (χ1v) is 9.85. The van der Waals surface area contributed by atoms with Gasteiger partial charge in [0.2, 0.25) is 5.82 Å². The molecular weight excluding hydrogens is 364 g/mol. The topological polar surface area (TPSA) is 92.5 Å². The molecule has 7 nitrogen and oxygen atoms in total. The van der Waals surface area contributed by atoms with Crippen LogP contribution in [0.5, 0.6) is 0 Å². The fourth-order valence-corrected chi connectivity index (χ4v) is 3.79. The largest absolute Gasteiger partial charge is 0.390 e. The average molecular weight is 388 g/mol. The zero-order valence-electron chi connectivity index (χ0n) is 16.6. The Hall–Kier alpha value is -3.32. The van der Waals surface area contributed by atoms with Crippen LogP contribution in [0.15, 0.2) is 48.5 Å². The van der Waals surface area contributed by atoms with Crippen LogP contribution >= 0.6 is 0 Å². The number of hydrogen-bond donors (Lipinski definition) is 2. The normalized spacial score (nSPS) is 11.1. The third kappa shape index (κ3) is 3.69. The standard InChI is InChI=1S/C22H24N6O/c1-3-21-19(20(14-29)25-28(21)4-2)13-15-9-11-16(12-10-15)17-7-5-6-8-18(17)22-23-26-27-24-22/h5-12,29H,3-4,13-14H2,1-2H3,(H,23,24,26,27). The van der Waals surface area contributed by atoms with Gasteiger partial charge in [-0.05, 0) is 35.2 Å². The minimum absolute atomic E-state index is 0.0362. The molecule has 0 spiro atoms. The number of hydrogen-bond acceptors (Lipinski definition) is 5. The number of aryl methyl sites for hydroxylation is 1. The maximum atomic E-state index is 9.74. The Bertz CT molecular complexity index is 1080. The zero-order valence-corrected chi connectivity index (χ0v) is 16.6. The van der Waals surface area contributed by atoms with Crippen LogP contribution < -0.4 is 0 Å². The first kappa shape index (κ1) is 19.0. The van der Waals surface area contributed by atoms with E-state index in [1.807, 2.05) is 22.9 Å². The van der Waals surface area contributed by atoms with Gasteiger partial charge in [0.15, 0.2) is 0 Å². The molecule has 0 atom stereocenters. The van der Waals surface area contributed by atoms with E-state index in [9.17, 15) is 5.11 Å². The van der Waals surface area contributed by atoms with Crippen molar-refractivity contribution in [2.45, 2.75) is 39.8 Å². The quantitative estimate of drug-likeness (QED) is 0.506. The molecule has 0 fully saturated rings. The van der Waals surface area contributed by atoms with Gasteiger partial charge in [-0.15, -0.1) is 10.2 Å². The number of tetrazole rings is 1. The summed E-state index contributed by atoms with van der Waals surface area (Å²) in [6.07, 6.45) is 1.65. The molecule has 2 aromatic carbocycles. The molecule has 7 heteroatoms. The molecule has 0 unspecified atom stereocenters. The molecule has 0 aliphatic carbocycles. The van der Waals surface area contributed by atoms with Crippen molar-refractivity contribution in [1.82, 2.24) is 30.4 Å². The smallest absolute Gasteiger partial charge is 0.205 e. The van der Waals surface area contributed by atoms with Gasteiger partial charge in [-0.2, -0.15) is 10.3 Å². The van der Waals surface area contributed by atoms with Gasteiger partial charge in [-0.3, -0.25) is 4.68 Å². The van der Waals surface area contributed by atoms with Gasteiger partial charge in [0.1, 0.15) is 0 Å². The lowest BCUT2D eigenvalue weighted by atomic mass is 9.96. The fourth-order valence-electron chi connectivity index (χ4n) is 3.79. The summed E-state index contributed by atoms with van der Waals surface area (Å²) in [5.74, 6) is 0.580. The third-order valence-corrected chi connectivity index (χ3v) is 5.19. The Kier molecular flexibility index (Phi) is 5.48. The van der Waals surface area contributed by atoms with E-state index in [-0.39, 0.29) is 6.61 Å². The molecule has 0 aliphatic heterocycles. The SMILES string of the molecule is CCc1c(Cc2ccc(-c3ccccc3-c3nn[nH]n3)cc2)c(CO)nn1CC. The third-order valence-electron chi connectivity index (χ3n) is 5.19. The van der Waals surface area contributed by atoms with E-state index in [1.54, 1.807) is 0 Å². The number of nitrogens with zero attached hydrogens (tertiary/aromatic N) is 5. The van der Waals surface area contributed by atoms with E-state index in [1.165, 1.54) is 11.3 Å². The van der Waals surface area contributed by atoms with Crippen LogP contribution in [0, 0.1) is 0 Å². The summed E-state index contributed by atoms with van der Waals surface area (Å²) >= 11 is 0. The second-order valence-corrected chi connectivity index (χ2v) is 6.85. The van der Waals surface area contributed by atoms with Gasteiger partial charge in [0, 0.05) is 29.8 Å². The lowest BCUT2D eigenvalue weighted by Crippen LogP contribution is -2.03. The second-order valence-electron chi connectivity index (χ2n) is 6.85. The van der Waals surface area contributed by atoms with Gasteiger partial charge < -0.3 is 5.11 Å². The molecule has 0 radical (unpaired) electrons. The van der Waals surface area contributed by atoms with Crippen molar-refractivity contribution < 1.29 is 5.11 Å². The number of H-pyrrole nitrogens is 1. The van der Waals surface area contributed by atoms with Crippen LogP contribution in [-0.2, 0) is 26.0 Å². The van der Waals surface area contributed by atoms with Crippen molar-refractivity contribution in [3.05, 3.63) is 71.0 Å². The maximum absolute atomic E-state index is 9.74. The molecule has 2 aromatic heterocycles. The molecule has 4 rings (SSSR count). The van der Waals surface area contributed by atoms with Crippen LogP contribution in [0.25, 0.3) is 22.5 Å². The first-order chi connectivity index (χ1) is 14.2. The summed E-state index contributed by atoms with van der Waals surface area (Å²) in [6.45, 7) is 4.98. The molecule has 4 aromatic rings. The molecule has 29 heavy (non-hydrogen) atoms. The van der Waals surface area contributed by atoms with E-state index in [0.717, 1.165) is 47.3 Å². The maximum Gasteiger partial charge on any atom is 0.205 e. The van der Waals surface area contributed by atoms with Crippen molar-refractivity contribution in [2.24, 2.45) is 0 Å². The van der Waals surface area contributed by atoms with Crippen molar-refractivity contribution >= 4 is 0 Å². The van der Waals surface area contributed by atoms with Crippen LogP contribution in [0.3, 0.4) is 0 Å². The van der Waals surface area contributed by atoms with E-state index in [0.29, 0.717) is 5.82 Å². The molecule has 2 N–H and O–H groups in total. The Balaban J connectivity index is 1.65. The van der Waals surface area contributed by atoms with Crippen LogP contribution in [0.2, 0.25) is 0 Å². The predicted molar refractivity (Wildman–Crippen MR) is 111 cm³/mol. The van der Waals surface area contributed by atoms with Crippen molar-refractivity contribution in [3.63, 3.8) is 0 Å². The molecule has 0 bridgehead atoms. The van der Waals surface area contributed by atoms with Gasteiger partial charge in [0.25, 0.3) is 0 Å². The number of aliphatic hydroxyl groups is 1. The Morgan fingerprint density at radius 3 is 2.38 bits per heavy atom. The molecule has 2 heterocycles. The Labute approximate surface area is 169 Å². The lowest BCUT2D eigenvalue weighted by Gasteiger charge is -2.09. The minimum atomic E-state index is -0.0362. The van der Waals surface area contributed by atoms with E-state index < -0.39 is 0 Å². The average Bonchev–Trinajstić information content (AvgIpc) is 3.42. The summed E-state index contributed by atoms with van der Waals surface area (Å²) < 4.78 is 2.00. The van der Waals surface area contributed by atoms with E-state index in [2.05, 4.69) is 69.9 Å². The van der Waals surface area contributed by atoms with Crippen molar-refractivity contribution in [1.29, 1.82) is 0 Å². The second kappa shape index (κ2) is 8.36. The van der Waals surface area contributed by atoms with Gasteiger partial charge in [0.05, 0.1) is 12.3 Å². The summed E-state index contributed by atoms with van der Waals surface area (Å²) in [7, 11) is 0. The number of benzene rings is 2. The van der Waals surface area contributed by atoms with Gasteiger partial charge >= 0.3 is 0 Å². The number of rotatable bonds is 7. The van der Waals surface area contributed by atoms with E-state index in [4.69, 9.17) is 0 Å². The molecule has 0 saturated heterocycles. The molecule has 0 saturated carbocycles. The lowest BCUT2D eigenvalue weighted by molar-refractivity contribution is 0.274. The van der Waals surface area contributed by atoms with Crippen LogP contribution in [-0.4, -0.2) is 35.5 Å². The highest BCUT2D eigenvalue weighted by molar-refractivity contribution is 5.80. The van der Waals surface area contributed by atoms with Gasteiger partial charge in [-0.25, -0.2) is 0 Å². The van der Waals surface area contributed by atoms with Gasteiger partial charge in [-0.1, -0.05) is 55.5 Å². The summed E-state index contributed by atoms with van der Waals surface area (Å²) in [6, 6.07) is 16.5. The fraction of sp³-hybridized carbons (Fsp3) is 0.273. The van der Waals surface area contributed by atoms with Crippen LogP contribution in [0.4, 0.5) is 0 Å². The zero-order chi connectivity index (χ0) is 20.2. The molecule has 0 amide bonds. The highest BCUT2D eigenvalue weighted by Gasteiger charge is 2.16. The number of aromatic amines is 1. The minimum Gasteiger partial charge on any atom is -0.390 e. The van der Waals surface area contributed by atoms with E-state index >= 15 is 0 Å². The molecule has 0 aliphatic rings. The highest BCUT2D eigenvalue weighted by atomic mass is 16.3. The molecule has 148 valence electrons. The number of nitrogens with one attached hydrogen (secondary N) is 1. The number of aromatic nitrogens is 6. The Morgan fingerprint density at radius 1 is 1.00 bits per heavy atom. The summed E-state index contributed by atoms with van der Waals surface area (Å²) in [4.78, 5) is 0. The summed E-state index contributed by atoms with van der Waals surface area (Å²) in [5.41, 5.74) is 7.39. The van der Waals surface area contributed by atoms with Crippen LogP contribution in [0.1, 0.15) is 36.4 Å². The van der Waals surface area contributed by atoms with Crippen molar-refractivity contribution in [3.8, 4) is 22.5 Å². The first-order valence-electron chi connectivity index (χ1n) is 9.85. The monoisotopic (exact) mass is 388 g/mol. The predicted octanol–water partition coefficient (Wildman–Crippen LogP) is 3.40. The van der Waals surface area contributed by atoms with Crippen molar-refractivity contribution in [2.75, 3.05) is 0 Å². The molecular formula is C22H24N6O. The summed E-state index contributed by atoms with van der Waals surface area (Å²) in [5, 5.41) is 28.7. The highest BCUT2D eigenvalue weighted by Crippen LogP contribution is 2.30.